The summed E-state index contributed by atoms with van der Waals surface area (Å²) < 4.78 is 6.79. The van der Waals surface area contributed by atoms with Gasteiger partial charge in [-0.3, -0.25) is 0 Å². The van der Waals surface area contributed by atoms with Gasteiger partial charge in [0.25, 0.3) is 0 Å². The van der Waals surface area contributed by atoms with Gasteiger partial charge in [0, 0.05) is 4.47 Å². The summed E-state index contributed by atoms with van der Waals surface area (Å²) in [4.78, 5) is 0. The third kappa shape index (κ3) is 2.53. The van der Waals surface area contributed by atoms with E-state index in [1.807, 2.05) is 7.05 Å². The van der Waals surface area contributed by atoms with Gasteiger partial charge in [-0.1, -0.05) is 22.0 Å². The van der Waals surface area contributed by atoms with Crippen LogP contribution in [0.15, 0.2) is 22.7 Å². The fourth-order valence-electron chi connectivity index (χ4n) is 1.87. The molecule has 0 spiro atoms. The number of likely N-dealkylation sites (N-methyl/N-ethyl adjacent to an activating group) is 1. The van der Waals surface area contributed by atoms with Crippen LogP contribution in [0.2, 0.25) is 0 Å². The number of rotatable bonds is 1. The average molecular weight is 293 g/mol. The van der Waals surface area contributed by atoms with Crippen molar-refractivity contribution in [2.75, 3.05) is 13.7 Å². The van der Waals surface area contributed by atoms with Gasteiger partial charge < -0.3 is 10.1 Å². The first-order valence-corrected chi connectivity index (χ1v) is 5.60. The third-order valence-electron chi connectivity index (χ3n) is 2.72. The minimum Gasteiger partial charge on any atom is -0.372 e. The predicted octanol–water partition coefficient (Wildman–Crippen LogP) is 3.22. The highest BCUT2D eigenvalue weighted by atomic mass is 79.9. The van der Waals surface area contributed by atoms with E-state index in [2.05, 4.69) is 46.4 Å². The lowest BCUT2D eigenvalue weighted by molar-refractivity contribution is 0.0346. The molecule has 0 bridgehead atoms. The lowest BCUT2D eigenvalue weighted by atomic mass is 9.95. The van der Waals surface area contributed by atoms with E-state index in [0.717, 1.165) is 11.1 Å². The third-order valence-corrected chi connectivity index (χ3v) is 3.22. The molecule has 1 unspecified atom stereocenters. The Kier molecular flexibility index (Phi) is 4.59. The highest BCUT2D eigenvalue weighted by Crippen LogP contribution is 2.33. The molecule has 2 nitrogen and oxygen atoms in total. The zero-order valence-electron chi connectivity index (χ0n) is 8.79. The molecule has 0 saturated carbocycles. The second-order valence-corrected chi connectivity index (χ2v) is 4.51. The Hall–Kier alpha value is -0.0900. The second kappa shape index (κ2) is 5.30. The number of hydrogen-bond acceptors (Lipinski definition) is 2. The van der Waals surface area contributed by atoms with Crippen LogP contribution in [0.4, 0.5) is 0 Å². The molecule has 1 aromatic carbocycles. The second-order valence-electron chi connectivity index (χ2n) is 3.59. The van der Waals surface area contributed by atoms with E-state index in [9.17, 15) is 0 Å². The fourth-order valence-corrected chi connectivity index (χ4v) is 2.25. The van der Waals surface area contributed by atoms with E-state index < -0.39 is 0 Å². The monoisotopic (exact) mass is 291 g/mol. The highest BCUT2D eigenvalue weighted by molar-refractivity contribution is 9.10. The van der Waals surface area contributed by atoms with E-state index in [-0.39, 0.29) is 18.5 Å². The molecule has 1 aliphatic heterocycles. The van der Waals surface area contributed by atoms with Crippen LogP contribution in [0, 0.1) is 0 Å². The van der Waals surface area contributed by atoms with Gasteiger partial charge >= 0.3 is 0 Å². The Labute approximate surface area is 105 Å². The van der Waals surface area contributed by atoms with Gasteiger partial charge in [-0.2, -0.15) is 0 Å². The largest absolute Gasteiger partial charge is 0.372 e. The number of nitrogens with one attached hydrogen (secondary N) is 1. The first-order valence-electron chi connectivity index (χ1n) is 4.80. The van der Waals surface area contributed by atoms with Gasteiger partial charge in [0.1, 0.15) is 0 Å². The molecular weight excluding hydrogens is 277 g/mol. The van der Waals surface area contributed by atoms with Crippen molar-refractivity contribution in [2.45, 2.75) is 19.1 Å². The molecule has 1 aliphatic rings. The Morgan fingerprint density at radius 3 is 2.80 bits per heavy atom. The predicted molar refractivity (Wildman–Crippen MR) is 67.6 cm³/mol. The normalized spacial score (nSPS) is 24.2. The topological polar surface area (TPSA) is 21.3 Å². The summed E-state index contributed by atoms with van der Waals surface area (Å²) in [5, 5.41) is 3.26. The van der Waals surface area contributed by atoms with Crippen molar-refractivity contribution in [2.24, 2.45) is 0 Å². The Balaban J connectivity index is 0.00000112. The van der Waals surface area contributed by atoms with Crippen molar-refractivity contribution in [3.05, 3.63) is 33.8 Å². The molecule has 2 rings (SSSR count). The Bertz CT molecular complexity index is 345. The van der Waals surface area contributed by atoms with Gasteiger partial charge in [-0.25, -0.2) is 0 Å². The quantitative estimate of drug-likeness (QED) is 0.858. The van der Waals surface area contributed by atoms with Gasteiger partial charge in [0.15, 0.2) is 0 Å². The van der Waals surface area contributed by atoms with Crippen molar-refractivity contribution in [3.63, 3.8) is 0 Å². The van der Waals surface area contributed by atoms with Crippen LogP contribution < -0.4 is 5.32 Å². The van der Waals surface area contributed by atoms with Crippen molar-refractivity contribution in [1.82, 2.24) is 5.32 Å². The maximum atomic E-state index is 5.68. The van der Waals surface area contributed by atoms with Crippen molar-refractivity contribution < 1.29 is 4.74 Å². The summed E-state index contributed by atoms with van der Waals surface area (Å²) in [7, 11) is 1.97. The minimum atomic E-state index is 0. The van der Waals surface area contributed by atoms with Gasteiger partial charge in [-0.05, 0) is 37.2 Å². The first kappa shape index (κ1) is 13.0. The number of ether oxygens (including phenoxy) is 1. The number of benzene rings is 1. The molecule has 1 aromatic rings. The molecule has 2 atom stereocenters. The summed E-state index contributed by atoms with van der Waals surface area (Å²) in [6.07, 6.45) is 0.201. The first-order chi connectivity index (χ1) is 6.72. The van der Waals surface area contributed by atoms with Crippen LogP contribution in [0.25, 0.3) is 0 Å². The summed E-state index contributed by atoms with van der Waals surface area (Å²) in [5.74, 6) is 0. The standard InChI is InChI=1S/C11H14BrNO.ClH/c1-7-10-5-8(12)3-4-9(10)11(13-2)6-14-7;/h3-5,7,11,13H,6H2,1-2H3;1H/t7?,11-;/m1./s1. The van der Waals surface area contributed by atoms with Crippen molar-refractivity contribution in [3.8, 4) is 0 Å². The molecule has 0 aliphatic carbocycles. The lowest BCUT2D eigenvalue weighted by Crippen LogP contribution is -2.28. The molecule has 15 heavy (non-hydrogen) atoms. The lowest BCUT2D eigenvalue weighted by Gasteiger charge is -2.30. The van der Waals surface area contributed by atoms with Crippen LogP contribution >= 0.6 is 28.3 Å². The molecule has 1 N–H and O–H groups in total. The highest BCUT2D eigenvalue weighted by Gasteiger charge is 2.23. The molecule has 0 aromatic heterocycles. The number of halogens is 2. The molecule has 0 radical (unpaired) electrons. The Morgan fingerprint density at radius 2 is 2.13 bits per heavy atom. The molecule has 84 valence electrons. The molecule has 0 amide bonds. The maximum Gasteiger partial charge on any atom is 0.0801 e. The molecule has 1 heterocycles. The molecule has 0 fully saturated rings. The minimum absolute atomic E-state index is 0. The van der Waals surface area contributed by atoms with Crippen LogP contribution in [-0.2, 0) is 4.74 Å². The van der Waals surface area contributed by atoms with Crippen molar-refractivity contribution >= 4 is 28.3 Å². The molecule has 0 saturated heterocycles. The van der Waals surface area contributed by atoms with Crippen LogP contribution in [0.5, 0.6) is 0 Å². The molecular formula is C11H15BrClNO. The van der Waals surface area contributed by atoms with Gasteiger partial charge in [0.2, 0.25) is 0 Å². The van der Waals surface area contributed by atoms with Crippen LogP contribution in [0.3, 0.4) is 0 Å². The van der Waals surface area contributed by atoms with Gasteiger partial charge in [-0.15, -0.1) is 12.4 Å². The van der Waals surface area contributed by atoms with E-state index >= 15 is 0 Å². The van der Waals surface area contributed by atoms with Crippen LogP contribution in [0.1, 0.15) is 30.2 Å². The van der Waals surface area contributed by atoms with Gasteiger partial charge in [0.05, 0.1) is 18.8 Å². The maximum absolute atomic E-state index is 5.68. The number of hydrogen-bond donors (Lipinski definition) is 1. The van der Waals surface area contributed by atoms with E-state index in [4.69, 9.17) is 4.74 Å². The van der Waals surface area contributed by atoms with Crippen molar-refractivity contribution in [1.29, 1.82) is 0 Å². The van der Waals surface area contributed by atoms with Crippen LogP contribution in [-0.4, -0.2) is 13.7 Å². The zero-order valence-corrected chi connectivity index (χ0v) is 11.2. The average Bonchev–Trinajstić information content (AvgIpc) is 2.19. The SMILES string of the molecule is CN[C@@H]1COC(C)c2cc(Br)ccc21.Cl. The zero-order chi connectivity index (χ0) is 10.1. The van der Waals surface area contributed by atoms with E-state index in [0.29, 0.717) is 6.04 Å². The Morgan fingerprint density at radius 1 is 1.40 bits per heavy atom. The summed E-state index contributed by atoms with van der Waals surface area (Å²) in [6, 6.07) is 6.72. The summed E-state index contributed by atoms with van der Waals surface area (Å²) >= 11 is 3.48. The van der Waals surface area contributed by atoms with E-state index in [1.165, 1.54) is 11.1 Å². The molecule has 4 heteroatoms. The van der Waals surface area contributed by atoms with E-state index in [1.54, 1.807) is 0 Å². The fraction of sp³-hybridized carbons (Fsp3) is 0.455. The summed E-state index contributed by atoms with van der Waals surface area (Å²) in [6.45, 7) is 2.85. The smallest absolute Gasteiger partial charge is 0.0801 e. The number of fused-ring (bicyclic) bond motifs is 1. The summed E-state index contributed by atoms with van der Waals surface area (Å²) in [5.41, 5.74) is 2.64.